The Bertz CT molecular complexity index is 313. The summed E-state index contributed by atoms with van der Waals surface area (Å²) in [6, 6.07) is 4.74. The highest BCUT2D eigenvalue weighted by atomic mass is 79.9. The van der Waals surface area contributed by atoms with E-state index in [1.54, 1.807) is 11.8 Å². The summed E-state index contributed by atoms with van der Waals surface area (Å²) < 4.78 is 13.8. The molecule has 0 saturated heterocycles. The van der Waals surface area contributed by atoms with Crippen molar-refractivity contribution in [2.24, 2.45) is 0 Å². The molecule has 1 aromatic rings. The molecule has 0 aromatic heterocycles. The van der Waals surface area contributed by atoms with E-state index >= 15 is 0 Å². The van der Waals surface area contributed by atoms with Gasteiger partial charge in [-0.15, -0.1) is 0 Å². The minimum absolute atomic E-state index is 0.263. The standard InChI is InChI=1S/C12H16BrFOS/c1-16-4-2-3-12(15)7-9-5-10(13)8-11(14)6-9/h5-6,8,12,15H,2-4,7H2,1H3. The van der Waals surface area contributed by atoms with Gasteiger partial charge in [0.1, 0.15) is 5.82 Å². The Kier molecular flexibility index (Phi) is 6.39. The van der Waals surface area contributed by atoms with Crippen LogP contribution in [0.15, 0.2) is 22.7 Å². The molecule has 4 heteroatoms. The summed E-state index contributed by atoms with van der Waals surface area (Å²) in [5.74, 6) is 0.796. The maximum Gasteiger partial charge on any atom is 0.124 e. The Morgan fingerprint density at radius 1 is 1.44 bits per heavy atom. The van der Waals surface area contributed by atoms with E-state index in [1.165, 1.54) is 12.1 Å². The normalized spacial score (nSPS) is 12.8. The zero-order valence-electron chi connectivity index (χ0n) is 9.25. The summed E-state index contributed by atoms with van der Waals surface area (Å²) in [7, 11) is 0. The van der Waals surface area contributed by atoms with Crippen LogP contribution in [-0.2, 0) is 6.42 Å². The van der Waals surface area contributed by atoms with E-state index in [-0.39, 0.29) is 11.9 Å². The van der Waals surface area contributed by atoms with E-state index in [2.05, 4.69) is 22.2 Å². The fourth-order valence-corrected chi connectivity index (χ4v) is 2.53. The third kappa shape index (κ3) is 5.32. The van der Waals surface area contributed by atoms with Crippen LogP contribution in [0.25, 0.3) is 0 Å². The second-order valence-electron chi connectivity index (χ2n) is 3.77. The summed E-state index contributed by atoms with van der Waals surface area (Å²) in [5, 5.41) is 9.76. The fraction of sp³-hybridized carbons (Fsp3) is 0.500. The number of aliphatic hydroxyl groups is 1. The lowest BCUT2D eigenvalue weighted by Gasteiger charge is -2.10. The van der Waals surface area contributed by atoms with Gasteiger partial charge in [0.05, 0.1) is 6.10 Å². The van der Waals surface area contributed by atoms with E-state index < -0.39 is 0 Å². The maximum atomic E-state index is 13.1. The van der Waals surface area contributed by atoms with Crippen LogP contribution in [0.5, 0.6) is 0 Å². The average Bonchev–Trinajstić information content (AvgIpc) is 2.16. The van der Waals surface area contributed by atoms with Crippen molar-refractivity contribution >= 4 is 27.7 Å². The van der Waals surface area contributed by atoms with Gasteiger partial charge in [-0.25, -0.2) is 4.39 Å². The highest BCUT2D eigenvalue weighted by molar-refractivity contribution is 9.10. The minimum atomic E-state index is -0.374. The van der Waals surface area contributed by atoms with Crippen LogP contribution in [0.3, 0.4) is 0 Å². The molecule has 0 fully saturated rings. The Morgan fingerprint density at radius 2 is 2.19 bits per heavy atom. The van der Waals surface area contributed by atoms with E-state index in [9.17, 15) is 9.50 Å². The molecule has 1 aromatic carbocycles. The molecule has 1 rings (SSSR count). The van der Waals surface area contributed by atoms with Crippen LogP contribution in [0.4, 0.5) is 4.39 Å². The molecule has 1 atom stereocenters. The number of thioether (sulfide) groups is 1. The van der Waals surface area contributed by atoms with E-state index in [4.69, 9.17) is 0 Å². The first-order chi connectivity index (χ1) is 7.61. The van der Waals surface area contributed by atoms with Gasteiger partial charge in [-0.05, 0) is 55.0 Å². The highest BCUT2D eigenvalue weighted by Gasteiger charge is 2.07. The Labute approximate surface area is 109 Å². The molecule has 0 aliphatic rings. The van der Waals surface area contributed by atoms with Crippen molar-refractivity contribution in [2.45, 2.75) is 25.4 Å². The number of halogens is 2. The predicted octanol–water partition coefficient (Wildman–Crippen LogP) is 3.63. The smallest absolute Gasteiger partial charge is 0.124 e. The van der Waals surface area contributed by atoms with E-state index in [0.717, 1.165) is 28.6 Å². The number of benzene rings is 1. The van der Waals surface area contributed by atoms with Gasteiger partial charge in [0.15, 0.2) is 0 Å². The van der Waals surface area contributed by atoms with Gasteiger partial charge >= 0.3 is 0 Å². The molecule has 0 radical (unpaired) electrons. The van der Waals surface area contributed by atoms with Crippen LogP contribution >= 0.6 is 27.7 Å². The van der Waals surface area contributed by atoms with Crippen molar-refractivity contribution in [3.05, 3.63) is 34.1 Å². The molecule has 0 amide bonds. The third-order valence-electron chi connectivity index (χ3n) is 2.28. The Morgan fingerprint density at radius 3 is 2.81 bits per heavy atom. The number of hydrogen-bond donors (Lipinski definition) is 1. The van der Waals surface area contributed by atoms with E-state index in [1.807, 2.05) is 6.07 Å². The third-order valence-corrected chi connectivity index (χ3v) is 3.43. The lowest BCUT2D eigenvalue weighted by molar-refractivity contribution is 0.164. The van der Waals surface area contributed by atoms with Gasteiger partial charge in [-0.1, -0.05) is 15.9 Å². The first-order valence-electron chi connectivity index (χ1n) is 5.24. The van der Waals surface area contributed by atoms with Gasteiger partial charge in [0, 0.05) is 4.47 Å². The molecule has 0 aliphatic heterocycles. The number of rotatable bonds is 6. The molecule has 16 heavy (non-hydrogen) atoms. The van der Waals surface area contributed by atoms with Crippen molar-refractivity contribution < 1.29 is 9.50 Å². The van der Waals surface area contributed by atoms with Crippen molar-refractivity contribution in [2.75, 3.05) is 12.0 Å². The van der Waals surface area contributed by atoms with Crippen molar-refractivity contribution in [3.8, 4) is 0 Å². The quantitative estimate of drug-likeness (QED) is 0.810. The topological polar surface area (TPSA) is 20.2 Å². The Balaban J connectivity index is 2.45. The largest absolute Gasteiger partial charge is 0.393 e. The van der Waals surface area contributed by atoms with Gasteiger partial charge in [-0.3, -0.25) is 0 Å². The predicted molar refractivity (Wildman–Crippen MR) is 71.4 cm³/mol. The van der Waals surface area contributed by atoms with Crippen molar-refractivity contribution in [1.29, 1.82) is 0 Å². The molecule has 0 spiro atoms. The first-order valence-corrected chi connectivity index (χ1v) is 7.42. The van der Waals surface area contributed by atoms with Crippen LogP contribution in [0.2, 0.25) is 0 Å². The Hall–Kier alpha value is -0.0600. The number of aliphatic hydroxyl groups excluding tert-OH is 1. The first kappa shape index (κ1) is 14.0. The second kappa shape index (κ2) is 7.30. The molecule has 1 nitrogen and oxygen atoms in total. The summed E-state index contributed by atoms with van der Waals surface area (Å²) in [5.41, 5.74) is 0.837. The molecular formula is C12H16BrFOS. The minimum Gasteiger partial charge on any atom is -0.393 e. The second-order valence-corrected chi connectivity index (χ2v) is 5.67. The van der Waals surface area contributed by atoms with Gasteiger partial charge in [0.2, 0.25) is 0 Å². The molecular weight excluding hydrogens is 291 g/mol. The molecule has 0 aliphatic carbocycles. The van der Waals surface area contributed by atoms with Crippen LogP contribution in [0.1, 0.15) is 18.4 Å². The average molecular weight is 307 g/mol. The highest BCUT2D eigenvalue weighted by Crippen LogP contribution is 2.17. The van der Waals surface area contributed by atoms with Crippen molar-refractivity contribution in [3.63, 3.8) is 0 Å². The maximum absolute atomic E-state index is 13.1. The fourth-order valence-electron chi connectivity index (χ4n) is 1.57. The molecule has 90 valence electrons. The van der Waals surface area contributed by atoms with Crippen molar-refractivity contribution in [1.82, 2.24) is 0 Å². The van der Waals surface area contributed by atoms with Gasteiger partial charge < -0.3 is 5.11 Å². The van der Waals surface area contributed by atoms with Crippen LogP contribution in [-0.4, -0.2) is 23.2 Å². The molecule has 1 N–H and O–H groups in total. The summed E-state index contributed by atoms with van der Waals surface area (Å²) in [4.78, 5) is 0. The monoisotopic (exact) mass is 306 g/mol. The van der Waals surface area contributed by atoms with Crippen LogP contribution < -0.4 is 0 Å². The van der Waals surface area contributed by atoms with Gasteiger partial charge in [0.25, 0.3) is 0 Å². The summed E-state index contributed by atoms with van der Waals surface area (Å²) >= 11 is 5.02. The zero-order chi connectivity index (χ0) is 12.0. The molecule has 1 unspecified atom stereocenters. The molecule has 0 saturated carbocycles. The van der Waals surface area contributed by atoms with Gasteiger partial charge in [-0.2, -0.15) is 11.8 Å². The summed E-state index contributed by atoms with van der Waals surface area (Å²) in [6.45, 7) is 0. The van der Waals surface area contributed by atoms with Crippen LogP contribution in [0, 0.1) is 5.82 Å². The SMILES string of the molecule is CSCCCC(O)Cc1cc(F)cc(Br)c1. The number of hydrogen-bond acceptors (Lipinski definition) is 2. The molecule has 0 heterocycles. The lowest BCUT2D eigenvalue weighted by atomic mass is 10.0. The van der Waals surface area contributed by atoms with E-state index in [0.29, 0.717) is 6.42 Å². The summed E-state index contributed by atoms with van der Waals surface area (Å²) in [6.07, 6.45) is 3.97. The lowest BCUT2D eigenvalue weighted by Crippen LogP contribution is -2.10. The molecule has 0 bridgehead atoms. The zero-order valence-corrected chi connectivity index (χ0v) is 11.7.